The molecule has 4 rings (SSSR count). The smallest absolute Gasteiger partial charge is 0.396 e. The fraction of sp³-hybridized carbons (Fsp3) is 0.391. The summed E-state index contributed by atoms with van der Waals surface area (Å²) in [5, 5.41) is 19.2. The molecule has 0 unspecified atom stereocenters. The standard InChI is InChI=1S/C23H20F5N3O2/c24-16-2-4-20(25)18(7-16)21(33)30-6-5-22(13-32)12-31(11-15(22)10-30)17-3-1-14(9-29)19(8-17)23(26,27)28/h1-4,7-8,15,32H,5-6,10-13H2/t15-,22+/m1/s1. The van der Waals surface area contributed by atoms with E-state index in [1.165, 1.54) is 11.0 Å². The van der Waals surface area contributed by atoms with Crippen LogP contribution in [0.25, 0.3) is 0 Å². The van der Waals surface area contributed by atoms with Crippen molar-refractivity contribution >= 4 is 11.6 Å². The van der Waals surface area contributed by atoms with E-state index in [-0.39, 0.29) is 50.0 Å². The summed E-state index contributed by atoms with van der Waals surface area (Å²) in [7, 11) is 0. The molecule has 2 heterocycles. The molecule has 2 aromatic rings. The minimum Gasteiger partial charge on any atom is -0.396 e. The summed E-state index contributed by atoms with van der Waals surface area (Å²) in [6.07, 6.45) is -4.34. The first-order valence-corrected chi connectivity index (χ1v) is 10.3. The fourth-order valence-electron chi connectivity index (χ4n) is 4.81. The van der Waals surface area contributed by atoms with Crippen molar-refractivity contribution in [3.8, 4) is 6.07 Å². The van der Waals surface area contributed by atoms with Crippen LogP contribution in [0.3, 0.4) is 0 Å². The number of fused-ring (bicyclic) bond motifs is 1. The number of anilines is 1. The fourth-order valence-corrected chi connectivity index (χ4v) is 4.81. The number of carbonyl (C=O) groups excluding carboxylic acids is 1. The van der Waals surface area contributed by atoms with Gasteiger partial charge in [-0.3, -0.25) is 4.79 Å². The SMILES string of the molecule is N#Cc1ccc(N2C[C@H]3CN(C(=O)c4cc(F)ccc4F)CC[C@@]3(CO)C2)cc1C(F)(F)F. The number of benzene rings is 2. The van der Waals surface area contributed by atoms with Gasteiger partial charge in [0.15, 0.2) is 0 Å². The number of aliphatic hydroxyl groups excluding tert-OH is 1. The molecule has 2 saturated heterocycles. The van der Waals surface area contributed by atoms with Gasteiger partial charge in [-0.1, -0.05) is 0 Å². The van der Waals surface area contributed by atoms with Crippen LogP contribution in [-0.4, -0.2) is 48.7 Å². The lowest BCUT2D eigenvalue weighted by Crippen LogP contribution is -2.50. The lowest BCUT2D eigenvalue weighted by molar-refractivity contribution is -0.137. The molecule has 174 valence electrons. The number of piperidine rings is 1. The molecule has 2 aliphatic heterocycles. The molecule has 0 radical (unpaired) electrons. The van der Waals surface area contributed by atoms with Crippen molar-refractivity contribution in [1.29, 1.82) is 5.26 Å². The van der Waals surface area contributed by atoms with E-state index in [1.807, 2.05) is 0 Å². The first-order valence-electron chi connectivity index (χ1n) is 10.3. The van der Waals surface area contributed by atoms with Gasteiger partial charge in [0.1, 0.15) is 11.6 Å². The normalized spacial score (nSPS) is 22.8. The Hall–Kier alpha value is -3.19. The first-order chi connectivity index (χ1) is 15.6. The Labute approximate surface area is 186 Å². The molecule has 0 aliphatic carbocycles. The van der Waals surface area contributed by atoms with Gasteiger partial charge in [-0.05, 0) is 42.8 Å². The molecule has 0 aromatic heterocycles. The maximum absolute atomic E-state index is 14.1. The zero-order valence-corrected chi connectivity index (χ0v) is 17.4. The largest absolute Gasteiger partial charge is 0.417 e. The van der Waals surface area contributed by atoms with Crippen LogP contribution >= 0.6 is 0 Å². The van der Waals surface area contributed by atoms with E-state index in [1.54, 1.807) is 11.0 Å². The second kappa shape index (κ2) is 8.30. The van der Waals surface area contributed by atoms with Gasteiger partial charge in [0.05, 0.1) is 29.4 Å². The molecular weight excluding hydrogens is 445 g/mol. The summed E-state index contributed by atoms with van der Waals surface area (Å²) in [6, 6.07) is 7.66. The Morgan fingerprint density at radius 2 is 1.94 bits per heavy atom. The van der Waals surface area contributed by atoms with Crippen LogP contribution in [0.5, 0.6) is 0 Å². The van der Waals surface area contributed by atoms with Gasteiger partial charge >= 0.3 is 6.18 Å². The van der Waals surface area contributed by atoms with Crippen molar-refractivity contribution in [3.05, 3.63) is 64.7 Å². The molecule has 33 heavy (non-hydrogen) atoms. The highest BCUT2D eigenvalue weighted by atomic mass is 19.4. The van der Waals surface area contributed by atoms with Gasteiger partial charge in [0.25, 0.3) is 5.91 Å². The van der Waals surface area contributed by atoms with Crippen molar-refractivity contribution in [2.24, 2.45) is 11.3 Å². The van der Waals surface area contributed by atoms with Gasteiger partial charge < -0.3 is 14.9 Å². The van der Waals surface area contributed by atoms with Crippen LogP contribution in [0.15, 0.2) is 36.4 Å². The monoisotopic (exact) mass is 465 g/mol. The van der Waals surface area contributed by atoms with Crippen molar-refractivity contribution < 1.29 is 31.9 Å². The molecule has 1 N–H and O–H groups in total. The van der Waals surface area contributed by atoms with E-state index in [4.69, 9.17) is 5.26 Å². The number of likely N-dealkylation sites (tertiary alicyclic amines) is 1. The second-order valence-corrected chi connectivity index (χ2v) is 8.56. The van der Waals surface area contributed by atoms with Crippen molar-refractivity contribution in [2.45, 2.75) is 12.6 Å². The van der Waals surface area contributed by atoms with Crippen molar-refractivity contribution in [2.75, 3.05) is 37.7 Å². The predicted octanol–water partition coefficient (Wildman–Crippen LogP) is 3.82. The number of halogens is 5. The van der Waals surface area contributed by atoms with Crippen molar-refractivity contribution in [1.82, 2.24) is 4.90 Å². The number of hydrogen-bond acceptors (Lipinski definition) is 4. The Balaban J connectivity index is 1.59. The summed E-state index contributed by atoms with van der Waals surface area (Å²) < 4.78 is 67.8. The van der Waals surface area contributed by atoms with Crippen LogP contribution in [0.1, 0.15) is 27.9 Å². The number of amides is 1. The zero-order chi connectivity index (χ0) is 24.0. The minimum atomic E-state index is -4.69. The number of carbonyl (C=O) groups is 1. The number of nitrogens with zero attached hydrogens (tertiary/aromatic N) is 3. The van der Waals surface area contributed by atoms with Gasteiger partial charge in [-0.25, -0.2) is 8.78 Å². The summed E-state index contributed by atoms with van der Waals surface area (Å²) in [6.45, 7) is 0.648. The third-order valence-electron chi connectivity index (χ3n) is 6.69. The number of alkyl halides is 3. The van der Waals surface area contributed by atoms with Gasteiger partial charge in [-0.2, -0.15) is 18.4 Å². The highest BCUT2D eigenvalue weighted by Crippen LogP contribution is 2.45. The molecular formula is C23H20F5N3O2. The summed E-state index contributed by atoms with van der Waals surface area (Å²) in [5.74, 6) is -2.54. The quantitative estimate of drug-likeness (QED) is 0.700. The highest BCUT2D eigenvalue weighted by Gasteiger charge is 2.50. The molecule has 2 fully saturated rings. The van der Waals surface area contributed by atoms with E-state index >= 15 is 0 Å². The first kappa shape index (κ1) is 23.0. The van der Waals surface area contributed by atoms with E-state index in [2.05, 4.69) is 0 Å². The molecule has 10 heteroatoms. The molecule has 0 saturated carbocycles. The lowest BCUT2D eigenvalue weighted by Gasteiger charge is -2.42. The van der Waals surface area contributed by atoms with Gasteiger partial charge in [0.2, 0.25) is 0 Å². The van der Waals surface area contributed by atoms with Gasteiger partial charge in [-0.15, -0.1) is 0 Å². The summed E-state index contributed by atoms with van der Waals surface area (Å²) in [4.78, 5) is 15.9. The Morgan fingerprint density at radius 1 is 1.18 bits per heavy atom. The minimum absolute atomic E-state index is 0.147. The van der Waals surface area contributed by atoms with Crippen LogP contribution in [0.4, 0.5) is 27.6 Å². The zero-order valence-electron chi connectivity index (χ0n) is 17.4. The number of hydrogen-bond donors (Lipinski definition) is 1. The Kier molecular flexibility index (Phi) is 5.78. The topological polar surface area (TPSA) is 67.6 Å². The summed E-state index contributed by atoms with van der Waals surface area (Å²) >= 11 is 0. The molecule has 2 atom stereocenters. The van der Waals surface area contributed by atoms with E-state index < -0.39 is 40.3 Å². The lowest BCUT2D eigenvalue weighted by atomic mass is 9.73. The predicted molar refractivity (Wildman–Crippen MR) is 108 cm³/mol. The van der Waals surface area contributed by atoms with E-state index in [0.717, 1.165) is 30.3 Å². The van der Waals surface area contributed by atoms with Crippen LogP contribution in [0.2, 0.25) is 0 Å². The molecule has 5 nitrogen and oxygen atoms in total. The third-order valence-corrected chi connectivity index (χ3v) is 6.69. The van der Waals surface area contributed by atoms with Crippen LogP contribution < -0.4 is 4.90 Å². The number of nitriles is 1. The second-order valence-electron chi connectivity index (χ2n) is 8.56. The molecule has 2 aliphatic rings. The van der Waals surface area contributed by atoms with E-state index in [9.17, 15) is 31.9 Å². The average Bonchev–Trinajstić information content (AvgIpc) is 3.18. The third kappa shape index (κ3) is 4.13. The highest BCUT2D eigenvalue weighted by molar-refractivity contribution is 5.94. The maximum atomic E-state index is 14.1. The maximum Gasteiger partial charge on any atom is 0.417 e. The number of aliphatic hydroxyl groups is 1. The van der Waals surface area contributed by atoms with Crippen molar-refractivity contribution in [3.63, 3.8) is 0 Å². The van der Waals surface area contributed by atoms with E-state index in [0.29, 0.717) is 6.42 Å². The van der Waals surface area contributed by atoms with Crippen LogP contribution in [-0.2, 0) is 6.18 Å². The Bertz CT molecular complexity index is 1130. The summed E-state index contributed by atoms with van der Waals surface area (Å²) in [5.41, 5.74) is -2.29. The number of rotatable bonds is 3. The Morgan fingerprint density at radius 3 is 2.61 bits per heavy atom. The molecule has 0 bridgehead atoms. The molecule has 0 spiro atoms. The molecule has 1 amide bonds. The van der Waals surface area contributed by atoms with Gasteiger partial charge in [0, 0.05) is 43.2 Å². The average molecular weight is 465 g/mol. The van der Waals surface area contributed by atoms with Crippen LogP contribution in [0, 0.1) is 34.3 Å². The molecule has 2 aromatic carbocycles.